The summed E-state index contributed by atoms with van der Waals surface area (Å²) in [5.74, 6) is 3.00. The first kappa shape index (κ1) is 15.5. The van der Waals surface area contributed by atoms with Gasteiger partial charge in [-0.25, -0.2) is 9.67 Å². The summed E-state index contributed by atoms with van der Waals surface area (Å²) in [6, 6.07) is 1.04. The summed E-state index contributed by atoms with van der Waals surface area (Å²) < 4.78 is 2.24. The number of hydrogen-bond acceptors (Lipinski definition) is 3. The zero-order valence-electron chi connectivity index (χ0n) is 13.5. The molecule has 1 aliphatic rings. The van der Waals surface area contributed by atoms with Gasteiger partial charge in [-0.1, -0.05) is 34.1 Å². The highest BCUT2D eigenvalue weighted by atomic mass is 15.4. The molecule has 0 aliphatic heterocycles. The predicted molar refractivity (Wildman–Crippen MR) is 82.9 cm³/mol. The minimum Gasteiger partial charge on any atom is -0.312 e. The lowest BCUT2D eigenvalue weighted by Crippen LogP contribution is -2.42. The molecule has 0 amide bonds. The fourth-order valence-corrected chi connectivity index (χ4v) is 3.43. The molecule has 0 aromatic carbocycles. The Balaban J connectivity index is 2.26. The van der Waals surface area contributed by atoms with Crippen molar-refractivity contribution in [3.05, 3.63) is 11.6 Å². The summed E-state index contributed by atoms with van der Waals surface area (Å²) in [4.78, 5) is 4.69. The molecule has 1 aliphatic carbocycles. The summed E-state index contributed by atoms with van der Waals surface area (Å²) in [6.07, 6.45) is 7.04. The Kier molecular flexibility index (Phi) is 5.58. The molecule has 1 heterocycles. The van der Waals surface area contributed by atoms with Crippen LogP contribution in [-0.4, -0.2) is 27.4 Å². The van der Waals surface area contributed by atoms with E-state index in [9.17, 15) is 0 Å². The van der Waals surface area contributed by atoms with Crippen LogP contribution in [0.5, 0.6) is 0 Å². The molecule has 4 heteroatoms. The molecule has 1 fully saturated rings. The van der Waals surface area contributed by atoms with Gasteiger partial charge in [-0.3, -0.25) is 0 Å². The average Bonchev–Trinajstić information content (AvgIpc) is 2.91. The van der Waals surface area contributed by atoms with Gasteiger partial charge in [0.15, 0.2) is 5.82 Å². The lowest BCUT2D eigenvalue weighted by molar-refractivity contribution is 0.188. The molecule has 20 heavy (non-hydrogen) atoms. The standard InChI is InChI=1S/C16H30N4/c1-5-12-9-10-13(17-8-4)14(11-12)20-16(7-3)18-15(6-2)19-20/h12-14,17H,5-11H2,1-4H3. The van der Waals surface area contributed by atoms with Crippen molar-refractivity contribution >= 4 is 0 Å². The molecule has 1 N–H and O–H groups in total. The fourth-order valence-electron chi connectivity index (χ4n) is 3.43. The number of nitrogens with one attached hydrogen (secondary N) is 1. The minimum absolute atomic E-state index is 0.483. The van der Waals surface area contributed by atoms with E-state index >= 15 is 0 Å². The largest absolute Gasteiger partial charge is 0.312 e. The maximum atomic E-state index is 4.79. The zero-order chi connectivity index (χ0) is 14.5. The quantitative estimate of drug-likeness (QED) is 0.869. The van der Waals surface area contributed by atoms with Crippen molar-refractivity contribution in [2.75, 3.05) is 6.54 Å². The van der Waals surface area contributed by atoms with Gasteiger partial charge in [0.1, 0.15) is 5.82 Å². The number of nitrogens with zero attached hydrogens (tertiary/aromatic N) is 3. The maximum Gasteiger partial charge on any atom is 0.150 e. The van der Waals surface area contributed by atoms with Crippen LogP contribution in [-0.2, 0) is 12.8 Å². The van der Waals surface area contributed by atoms with E-state index in [-0.39, 0.29) is 0 Å². The molecular formula is C16H30N4. The summed E-state index contributed by atoms with van der Waals surface area (Å²) in [7, 11) is 0. The van der Waals surface area contributed by atoms with Crippen LogP contribution in [0, 0.1) is 5.92 Å². The summed E-state index contributed by atoms with van der Waals surface area (Å²) in [5, 5.41) is 8.46. The van der Waals surface area contributed by atoms with Gasteiger partial charge in [-0.05, 0) is 31.7 Å². The van der Waals surface area contributed by atoms with Crippen molar-refractivity contribution in [3.63, 3.8) is 0 Å². The highest BCUT2D eigenvalue weighted by molar-refractivity contribution is 4.99. The summed E-state index contributed by atoms with van der Waals surface area (Å²) in [5.41, 5.74) is 0. The number of likely N-dealkylation sites (N-methyl/N-ethyl adjacent to an activating group) is 1. The van der Waals surface area contributed by atoms with Crippen molar-refractivity contribution in [2.24, 2.45) is 5.92 Å². The van der Waals surface area contributed by atoms with E-state index in [2.05, 4.69) is 37.7 Å². The third-order valence-electron chi connectivity index (χ3n) is 4.66. The molecule has 0 saturated heterocycles. The minimum atomic E-state index is 0.483. The van der Waals surface area contributed by atoms with Crippen LogP contribution >= 0.6 is 0 Å². The highest BCUT2D eigenvalue weighted by Gasteiger charge is 2.32. The van der Waals surface area contributed by atoms with Crippen LogP contribution < -0.4 is 5.32 Å². The van der Waals surface area contributed by atoms with E-state index in [1.807, 2.05) is 0 Å². The molecule has 0 bridgehead atoms. The predicted octanol–water partition coefficient (Wildman–Crippen LogP) is 3.13. The zero-order valence-corrected chi connectivity index (χ0v) is 13.5. The van der Waals surface area contributed by atoms with Crippen LogP contribution in [0.15, 0.2) is 0 Å². The number of aromatic nitrogens is 3. The van der Waals surface area contributed by atoms with Crippen LogP contribution in [0.2, 0.25) is 0 Å². The van der Waals surface area contributed by atoms with Crippen LogP contribution in [0.3, 0.4) is 0 Å². The van der Waals surface area contributed by atoms with E-state index < -0.39 is 0 Å². The van der Waals surface area contributed by atoms with Crippen molar-refractivity contribution < 1.29 is 0 Å². The topological polar surface area (TPSA) is 42.7 Å². The van der Waals surface area contributed by atoms with Crippen molar-refractivity contribution in [3.8, 4) is 0 Å². The summed E-state index contributed by atoms with van der Waals surface area (Å²) >= 11 is 0. The van der Waals surface area contributed by atoms with E-state index in [1.54, 1.807) is 0 Å². The van der Waals surface area contributed by atoms with Gasteiger partial charge in [0.25, 0.3) is 0 Å². The second kappa shape index (κ2) is 7.21. The second-order valence-corrected chi connectivity index (χ2v) is 5.91. The number of aryl methyl sites for hydroxylation is 2. The first-order valence-electron chi connectivity index (χ1n) is 8.40. The van der Waals surface area contributed by atoms with Crippen LogP contribution in [0.1, 0.15) is 71.1 Å². The monoisotopic (exact) mass is 278 g/mol. The lowest BCUT2D eigenvalue weighted by atomic mass is 9.81. The Hall–Kier alpha value is -0.900. The molecule has 114 valence electrons. The van der Waals surface area contributed by atoms with Gasteiger partial charge in [-0.15, -0.1) is 0 Å². The summed E-state index contributed by atoms with van der Waals surface area (Å²) in [6.45, 7) is 9.87. The highest BCUT2D eigenvalue weighted by Crippen LogP contribution is 2.34. The van der Waals surface area contributed by atoms with Crippen LogP contribution in [0.25, 0.3) is 0 Å². The van der Waals surface area contributed by atoms with E-state index in [4.69, 9.17) is 10.1 Å². The third kappa shape index (κ3) is 3.22. The lowest BCUT2D eigenvalue weighted by Gasteiger charge is -2.36. The Morgan fingerprint density at radius 2 is 1.95 bits per heavy atom. The molecule has 1 aromatic rings. The molecule has 3 unspecified atom stereocenters. The first-order chi connectivity index (χ1) is 9.73. The van der Waals surface area contributed by atoms with Gasteiger partial charge < -0.3 is 5.32 Å². The molecule has 1 saturated carbocycles. The number of hydrogen-bond donors (Lipinski definition) is 1. The van der Waals surface area contributed by atoms with E-state index in [0.29, 0.717) is 12.1 Å². The van der Waals surface area contributed by atoms with E-state index in [0.717, 1.165) is 37.0 Å². The molecule has 3 atom stereocenters. The Bertz CT molecular complexity index is 413. The van der Waals surface area contributed by atoms with Gasteiger partial charge in [0.2, 0.25) is 0 Å². The van der Waals surface area contributed by atoms with Gasteiger partial charge in [-0.2, -0.15) is 5.10 Å². The third-order valence-corrected chi connectivity index (χ3v) is 4.66. The van der Waals surface area contributed by atoms with Crippen molar-refractivity contribution in [1.82, 2.24) is 20.1 Å². The van der Waals surface area contributed by atoms with Crippen LogP contribution in [0.4, 0.5) is 0 Å². The van der Waals surface area contributed by atoms with Gasteiger partial charge >= 0.3 is 0 Å². The molecule has 1 aromatic heterocycles. The van der Waals surface area contributed by atoms with Gasteiger partial charge in [0, 0.05) is 18.9 Å². The Labute approximate surface area is 123 Å². The fraction of sp³-hybridized carbons (Fsp3) is 0.875. The molecule has 0 spiro atoms. The SMILES string of the molecule is CCNC1CCC(CC)CC1n1nc(CC)nc1CC. The Morgan fingerprint density at radius 1 is 1.15 bits per heavy atom. The number of rotatable bonds is 6. The smallest absolute Gasteiger partial charge is 0.150 e. The molecular weight excluding hydrogens is 248 g/mol. The molecule has 4 nitrogen and oxygen atoms in total. The molecule has 2 rings (SSSR count). The molecule has 0 radical (unpaired) electrons. The van der Waals surface area contributed by atoms with Crippen molar-refractivity contribution in [1.29, 1.82) is 0 Å². The average molecular weight is 278 g/mol. The first-order valence-corrected chi connectivity index (χ1v) is 8.40. The van der Waals surface area contributed by atoms with E-state index in [1.165, 1.54) is 25.7 Å². The normalized spacial score (nSPS) is 26.9. The second-order valence-electron chi connectivity index (χ2n) is 5.91. The van der Waals surface area contributed by atoms with Crippen molar-refractivity contribution in [2.45, 2.75) is 78.3 Å². The maximum absolute atomic E-state index is 4.79. The van der Waals surface area contributed by atoms with Gasteiger partial charge in [0.05, 0.1) is 6.04 Å². The Morgan fingerprint density at radius 3 is 2.55 bits per heavy atom.